The molecule has 3 nitrogen and oxygen atoms in total. The minimum Gasteiger partial charge on any atom is -0.368 e. The highest BCUT2D eigenvalue weighted by Gasteiger charge is 2.42. The summed E-state index contributed by atoms with van der Waals surface area (Å²) in [5.74, 6) is -0.241. The number of rotatable bonds is 1. The molecule has 2 heterocycles. The van der Waals surface area contributed by atoms with Crippen molar-refractivity contribution in [2.75, 3.05) is 24.7 Å². The summed E-state index contributed by atoms with van der Waals surface area (Å²) in [6, 6.07) is 7.38. The first-order valence-electron chi connectivity index (χ1n) is 8.09. The van der Waals surface area contributed by atoms with Crippen LogP contribution in [0.2, 0.25) is 0 Å². The molecular weight excluding hydrogens is 330 g/mol. The van der Waals surface area contributed by atoms with Crippen molar-refractivity contribution in [2.24, 2.45) is 0 Å². The summed E-state index contributed by atoms with van der Waals surface area (Å²) in [4.78, 5) is 2.63. The van der Waals surface area contributed by atoms with E-state index in [-0.39, 0.29) is 5.79 Å². The van der Waals surface area contributed by atoms with Crippen LogP contribution in [-0.2, 0) is 15.9 Å². The number of hydrogen-bond donors (Lipinski definition) is 0. The lowest BCUT2D eigenvalue weighted by Crippen LogP contribution is -2.46. The highest BCUT2D eigenvalue weighted by atomic mass is 79.9. The van der Waals surface area contributed by atoms with Gasteiger partial charge in [-0.05, 0) is 49.4 Å². The van der Waals surface area contributed by atoms with Gasteiger partial charge in [0, 0.05) is 35.6 Å². The van der Waals surface area contributed by atoms with Gasteiger partial charge in [0.1, 0.15) is 0 Å². The second-order valence-electron chi connectivity index (χ2n) is 6.41. The number of hydrogen-bond acceptors (Lipinski definition) is 3. The Morgan fingerprint density at radius 3 is 2.67 bits per heavy atom. The van der Waals surface area contributed by atoms with Crippen molar-refractivity contribution in [1.82, 2.24) is 0 Å². The maximum atomic E-state index is 5.86. The molecule has 0 atom stereocenters. The summed E-state index contributed by atoms with van der Waals surface area (Å²) < 4.78 is 12.9. The molecule has 4 heteroatoms. The molecule has 0 N–H and O–H groups in total. The van der Waals surface area contributed by atoms with E-state index < -0.39 is 0 Å². The second kappa shape index (κ2) is 5.56. The summed E-state index contributed by atoms with van der Waals surface area (Å²) in [6.07, 6.45) is 6.90. The summed E-state index contributed by atoms with van der Waals surface area (Å²) in [5, 5.41) is 0. The molecule has 1 aromatic carbocycles. The van der Waals surface area contributed by atoms with E-state index in [2.05, 4.69) is 39.0 Å². The number of ether oxygens (including phenoxy) is 2. The van der Waals surface area contributed by atoms with E-state index in [0.717, 1.165) is 26.1 Å². The van der Waals surface area contributed by atoms with Gasteiger partial charge in [0.15, 0.2) is 5.79 Å². The lowest BCUT2D eigenvalue weighted by atomic mass is 9.87. The van der Waals surface area contributed by atoms with Gasteiger partial charge in [0.2, 0.25) is 0 Å². The van der Waals surface area contributed by atoms with E-state index in [1.54, 1.807) is 0 Å². The van der Waals surface area contributed by atoms with Gasteiger partial charge in [-0.2, -0.15) is 0 Å². The monoisotopic (exact) mass is 351 g/mol. The summed E-state index contributed by atoms with van der Waals surface area (Å²) in [6.45, 7) is 2.73. The molecule has 1 aromatic rings. The Hall–Kier alpha value is -0.580. The van der Waals surface area contributed by atoms with Crippen molar-refractivity contribution in [2.45, 2.75) is 50.4 Å². The molecule has 3 aliphatic rings. The summed E-state index contributed by atoms with van der Waals surface area (Å²) in [7, 11) is 0. The van der Waals surface area contributed by atoms with Crippen LogP contribution in [0, 0.1) is 0 Å². The van der Waals surface area contributed by atoms with Gasteiger partial charge in [-0.25, -0.2) is 0 Å². The van der Waals surface area contributed by atoms with E-state index in [4.69, 9.17) is 9.47 Å². The van der Waals surface area contributed by atoms with Gasteiger partial charge in [0.25, 0.3) is 0 Å². The van der Waals surface area contributed by atoms with Crippen molar-refractivity contribution in [3.63, 3.8) is 0 Å². The quantitative estimate of drug-likeness (QED) is 0.766. The first-order chi connectivity index (χ1) is 10.3. The van der Waals surface area contributed by atoms with Crippen molar-refractivity contribution < 1.29 is 9.47 Å². The maximum Gasteiger partial charge on any atom is 0.168 e. The molecule has 2 aliphatic heterocycles. The molecule has 114 valence electrons. The first-order valence-corrected chi connectivity index (χ1v) is 8.88. The van der Waals surface area contributed by atoms with E-state index in [9.17, 15) is 0 Å². The maximum absolute atomic E-state index is 5.86. The zero-order valence-electron chi connectivity index (χ0n) is 12.3. The highest BCUT2D eigenvalue weighted by molar-refractivity contribution is 9.10. The van der Waals surface area contributed by atoms with E-state index in [1.165, 1.54) is 48.0 Å². The minimum absolute atomic E-state index is 0.241. The molecule has 0 radical (unpaired) electrons. The SMILES string of the molecule is Brc1ccc2c(c1)CCCN2C1CCC2(CC1)OCCO2. The Morgan fingerprint density at radius 1 is 1.14 bits per heavy atom. The first kappa shape index (κ1) is 14.0. The van der Waals surface area contributed by atoms with E-state index >= 15 is 0 Å². The van der Waals surface area contributed by atoms with Gasteiger partial charge in [-0.1, -0.05) is 15.9 Å². The molecule has 1 aliphatic carbocycles. The van der Waals surface area contributed by atoms with Gasteiger partial charge >= 0.3 is 0 Å². The highest BCUT2D eigenvalue weighted by Crippen LogP contribution is 2.40. The summed E-state index contributed by atoms with van der Waals surface area (Å²) >= 11 is 3.60. The number of fused-ring (bicyclic) bond motifs is 1. The number of halogens is 1. The number of benzene rings is 1. The van der Waals surface area contributed by atoms with Crippen molar-refractivity contribution in [3.05, 3.63) is 28.2 Å². The lowest BCUT2D eigenvalue weighted by molar-refractivity contribution is -0.178. The van der Waals surface area contributed by atoms with Crippen molar-refractivity contribution in [3.8, 4) is 0 Å². The molecule has 1 saturated carbocycles. The van der Waals surface area contributed by atoms with Crippen molar-refractivity contribution in [1.29, 1.82) is 0 Å². The Bertz CT molecular complexity index is 518. The average molecular weight is 352 g/mol. The largest absolute Gasteiger partial charge is 0.368 e. The smallest absolute Gasteiger partial charge is 0.168 e. The Morgan fingerprint density at radius 2 is 1.90 bits per heavy atom. The third-order valence-corrected chi connectivity index (χ3v) is 5.66. The molecule has 4 rings (SSSR count). The normalized spacial score (nSPS) is 25.3. The Kier molecular flexibility index (Phi) is 3.72. The number of nitrogens with zero attached hydrogens (tertiary/aromatic N) is 1. The van der Waals surface area contributed by atoms with Crippen LogP contribution in [0.25, 0.3) is 0 Å². The third-order valence-electron chi connectivity index (χ3n) is 5.17. The van der Waals surface area contributed by atoms with Crippen LogP contribution in [-0.4, -0.2) is 31.6 Å². The van der Waals surface area contributed by atoms with Crippen LogP contribution in [0.15, 0.2) is 22.7 Å². The molecule has 2 fully saturated rings. The van der Waals surface area contributed by atoms with Crippen LogP contribution in [0.1, 0.15) is 37.7 Å². The molecule has 21 heavy (non-hydrogen) atoms. The molecule has 0 bridgehead atoms. The topological polar surface area (TPSA) is 21.7 Å². The second-order valence-corrected chi connectivity index (χ2v) is 7.32. The molecule has 1 saturated heterocycles. The average Bonchev–Trinajstić information content (AvgIpc) is 2.95. The predicted molar refractivity (Wildman–Crippen MR) is 86.7 cm³/mol. The molecule has 0 aromatic heterocycles. The fraction of sp³-hybridized carbons (Fsp3) is 0.647. The van der Waals surface area contributed by atoms with Crippen LogP contribution in [0.4, 0.5) is 5.69 Å². The third kappa shape index (κ3) is 2.62. The van der Waals surface area contributed by atoms with Gasteiger partial charge in [-0.15, -0.1) is 0 Å². The Balaban J connectivity index is 1.51. The van der Waals surface area contributed by atoms with Gasteiger partial charge < -0.3 is 14.4 Å². The lowest BCUT2D eigenvalue weighted by Gasteiger charge is -2.43. The fourth-order valence-electron chi connectivity index (χ4n) is 4.11. The zero-order valence-corrected chi connectivity index (χ0v) is 13.9. The van der Waals surface area contributed by atoms with Crippen LogP contribution in [0.5, 0.6) is 0 Å². The minimum atomic E-state index is -0.241. The molecular formula is C17H22BrNO2. The molecule has 0 unspecified atom stereocenters. The van der Waals surface area contributed by atoms with Gasteiger partial charge in [0.05, 0.1) is 13.2 Å². The van der Waals surface area contributed by atoms with Crippen LogP contribution in [0.3, 0.4) is 0 Å². The number of aryl methyl sites for hydroxylation is 1. The van der Waals surface area contributed by atoms with E-state index in [1.807, 2.05) is 0 Å². The van der Waals surface area contributed by atoms with E-state index in [0.29, 0.717) is 6.04 Å². The summed E-state index contributed by atoms with van der Waals surface area (Å²) in [5.41, 5.74) is 2.93. The van der Waals surface area contributed by atoms with Gasteiger partial charge in [-0.3, -0.25) is 0 Å². The Labute approximate surface area is 134 Å². The molecule has 1 spiro atoms. The predicted octanol–water partition coefficient (Wildman–Crippen LogP) is 3.89. The zero-order chi connectivity index (χ0) is 14.3. The standard InChI is InChI=1S/C17H22BrNO2/c18-14-3-4-16-13(12-14)2-1-9-19(16)15-5-7-17(8-6-15)20-10-11-21-17/h3-4,12,15H,1-2,5-11H2. The fourth-order valence-corrected chi connectivity index (χ4v) is 4.52. The number of anilines is 1. The van der Waals surface area contributed by atoms with Crippen molar-refractivity contribution >= 4 is 21.6 Å². The van der Waals surface area contributed by atoms with Crippen LogP contribution >= 0.6 is 15.9 Å². The molecule has 0 amide bonds. The van der Waals surface area contributed by atoms with Crippen LogP contribution < -0.4 is 4.90 Å².